The lowest BCUT2D eigenvalue weighted by atomic mass is 10.1. The molecule has 0 spiro atoms. The van der Waals surface area contributed by atoms with Crippen molar-refractivity contribution in [2.75, 3.05) is 13.2 Å². The molecule has 0 aliphatic rings. The Hall–Kier alpha value is -4.08. The van der Waals surface area contributed by atoms with Gasteiger partial charge in [0.25, 0.3) is 0 Å². The molecule has 0 saturated carbocycles. The first-order valence-electron chi connectivity index (χ1n) is 9.92. The first kappa shape index (κ1) is 22.6. The fourth-order valence-corrected chi connectivity index (χ4v) is 3.23. The Morgan fingerprint density at radius 1 is 1.03 bits per heavy atom. The van der Waals surface area contributed by atoms with Crippen LogP contribution in [0.1, 0.15) is 50.4 Å². The number of esters is 2. The average Bonchev–Trinajstić information content (AvgIpc) is 3.32. The highest BCUT2D eigenvalue weighted by molar-refractivity contribution is 6.16. The summed E-state index contributed by atoms with van der Waals surface area (Å²) in [6.07, 6.45) is 1.56. The number of tetrazole rings is 1. The Bertz CT molecular complexity index is 1180. The number of nitrogens with one attached hydrogen (secondary N) is 1. The number of nitrogens with zero attached hydrogens (tertiary/aromatic N) is 4. The molecule has 1 aromatic carbocycles. The third-order valence-corrected chi connectivity index (χ3v) is 4.63. The van der Waals surface area contributed by atoms with Gasteiger partial charge < -0.3 is 14.5 Å². The number of ketones is 1. The van der Waals surface area contributed by atoms with Crippen molar-refractivity contribution in [1.29, 1.82) is 0 Å². The number of rotatable bonds is 8. The van der Waals surface area contributed by atoms with Crippen LogP contribution in [0, 0.1) is 20.8 Å². The van der Waals surface area contributed by atoms with Gasteiger partial charge in [0.2, 0.25) is 5.78 Å². The van der Waals surface area contributed by atoms with E-state index in [1.807, 2.05) is 18.2 Å². The molecule has 0 saturated heterocycles. The highest BCUT2D eigenvalue weighted by atomic mass is 16.5. The minimum atomic E-state index is -0.791. The van der Waals surface area contributed by atoms with Crippen molar-refractivity contribution in [2.45, 2.75) is 27.7 Å². The van der Waals surface area contributed by atoms with Crippen molar-refractivity contribution in [3.05, 3.63) is 64.2 Å². The summed E-state index contributed by atoms with van der Waals surface area (Å²) < 4.78 is 11.6. The highest BCUT2D eigenvalue weighted by Gasteiger charge is 2.27. The molecule has 0 unspecified atom stereocenters. The Morgan fingerprint density at radius 3 is 2.34 bits per heavy atom. The van der Waals surface area contributed by atoms with Crippen molar-refractivity contribution in [3.63, 3.8) is 0 Å². The summed E-state index contributed by atoms with van der Waals surface area (Å²) in [7, 11) is 0. The van der Waals surface area contributed by atoms with Crippen molar-refractivity contribution >= 4 is 29.5 Å². The summed E-state index contributed by atoms with van der Waals surface area (Å²) in [5, 5.41) is 11.2. The van der Waals surface area contributed by atoms with E-state index in [4.69, 9.17) is 9.47 Å². The molecule has 0 radical (unpaired) electrons. The lowest BCUT2D eigenvalue weighted by molar-refractivity contribution is -0.136. The summed E-state index contributed by atoms with van der Waals surface area (Å²) >= 11 is 0. The number of ether oxygens (including phenoxy) is 2. The minimum absolute atomic E-state index is 0.0408. The van der Waals surface area contributed by atoms with Crippen molar-refractivity contribution in [3.8, 4) is 0 Å². The number of carbonyl (C=O) groups excluding carboxylic acids is 3. The second-order valence-electron chi connectivity index (χ2n) is 6.92. The van der Waals surface area contributed by atoms with Crippen LogP contribution in [0.2, 0.25) is 0 Å². The predicted molar refractivity (Wildman–Crippen MR) is 115 cm³/mol. The number of benzene rings is 1. The molecule has 0 aliphatic heterocycles. The fourth-order valence-electron chi connectivity index (χ4n) is 3.23. The Morgan fingerprint density at radius 2 is 1.72 bits per heavy atom. The molecule has 32 heavy (non-hydrogen) atoms. The van der Waals surface area contributed by atoms with Crippen molar-refractivity contribution in [2.24, 2.45) is 0 Å². The van der Waals surface area contributed by atoms with Gasteiger partial charge >= 0.3 is 11.9 Å². The van der Waals surface area contributed by atoms with Crippen LogP contribution in [0.5, 0.6) is 0 Å². The van der Waals surface area contributed by atoms with Gasteiger partial charge in [-0.25, -0.2) is 9.59 Å². The SMILES string of the molecule is CCOC(=O)c1c(C)[nH]c(C)c1C(=O)COC(=O)/C(=C/c1ccccc1)n1nnnc1C. The number of H-pyrrole nitrogens is 1. The molecule has 3 rings (SSSR count). The van der Waals surface area contributed by atoms with Crippen LogP contribution in [0.3, 0.4) is 0 Å². The lowest BCUT2D eigenvalue weighted by Gasteiger charge is -2.10. The number of aromatic nitrogens is 5. The molecule has 0 aliphatic carbocycles. The second-order valence-corrected chi connectivity index (χ2v) is 6.92. The number of hydrogen-bond acceptors (Lipinski definition) is 8. The third kappa shape index (κ3) is 4.80. The van der Waals surface area contributed by atoms with E-state index in [2.05, 4.69) is 20.5 Å². The molecule has 0 bridgehead atoms. The smallest absolute Gasteiger partial charge is 0.357 e. The molecule has 166 valence electrons. The first-order valence-corrected chi connectivity index (χ1v) is 9.92. The molecule has 2 heterocycles. The maximum absolute atomic E-state index is 12.9. The Balaban J connectivity index is 1.85. The van der Waals surface area contributed by atoms with Crippen LogP contribution in [0.25, 0.3) is 11.8 Å². The average molecular weight is 437 g/mol. The number of Topliss-reactive ketones (excluding diaryl/α,β-unsaturated/α-hetero) is 1. The molecule has 10 nitrogen and oxygen atoms in total. The van der Waals surface area contributed by atoms with Crippen LogP contribution in [-0.4, -0.2) is 56.1 Å². The minimum Gasteiger partial charge on any atom is -0.462 e. The Labute approximate surface area is 184 Å². The maximum atomic E-state index is 12.9. The zero-order chi connectivity index (χ0) is 23.3. The zero-order valence-corrected chi connectivity index (χ0v) is 18.2. The van der Waals surface area contributed by atoms with Gasteiger partial charge in [-0.15, -0.1) is 5.10 Å². The van der Waals surface area contributed by atoms with E-state index in [9.17, 15) is 14.4 Å². The van der Waals surface area contributed by atoms with Gasteiger partial charge in [-0.1, -0.05) is 30.3 Å². The molecule has 1 N–H and O–H groups in total. The number of hydrogen-bond donors (Lipinski definition) is 1. The van der Waals surface area contributed by atoms with Gasteiger partial charge in [0.05, 0.1) is 17.7 Å². The molecular weight excluding hydrogens is 414 g/mol. The molecule has 10 heteroatoms. The number of carbonyl (C=O) groups is 3. The first-order chi connectivity index (χ1) is 15.3. The van der Waals surface area contributed by atoms with E-state index in [1.54, 1.807) is 45.9 Å². The summed E-state index contributed by atoms with van der Waals surface area (Å²) in [5.74, 6) is -1.56. The summed E-state index contributed by atoms with van der Waals surface area (Å²) in [4.78, 5) is 41.0. The second kappa shape index (κ2) is 9.82. The molecule has 2 aromatic heterocycles. The molecule has 0 atom stereocenters. The van der Waals surface area contributed by atoms with E-state index < -0.39 is 24.3 Å². The van der Waals surface area contributed by atoms with Gasteiger partial charge in [0, 0.05) is 11.4 Å². The largest absolute Gasteiger partial charge is 0.462 e. The molecule has 3 aromatic rings. The normalized spacial score (nSPS) is 11.3. The summed E-state index contributed by atoms with van der Waals surface area (Å²) in [6.45, 7) is 6.24. The third-order valence-electron chi connectivity index (χ3n) is 4.63. The van der Waals surface area contributed by atoms with Gasteiger partial charge in [-0.05, 0) is 49.8 Å². The topological polar surface area (TPSA) is 129 Å². The fraction of sp³-hybridized carbons (Fsp3) is 0.273. The monoisotopic (exact) mass is 437 g/mol. The molecule has 0 amide bonds. The van der Waals surface area contributed by atoms with E-state index in [0.29, 0.717) is 17.2 Å². The molecular formula is C22H23N5O5. The highest BCUT2D eigenvalue weighted by Crippen LogP contribution is 2.21. The standard InChI is InChI=1S/C22H23N5O5/c1-5-31-22(30)20-14(3)23-13(2)19(20)18(28)12-32-21(29)17(27-15(4)24-25-26-27)11-16-9-7-6-8-10-16/h6-11,23H,5,12H2,1-4H3/b17-11-. The van der Waals surface area contributed by atoms with E-state index in [0.717, 1.165) is 5.56 Å². The van der Waals surface area contributed by atoms with E-state index >= 15 is 0 Å². The van der Waals surface area contributed by atoms with Crippen molar-refractivity contribution in [1.82, 2.24) is 25.2 Å². The quantitative estimate of drug-likeness (QED) is 0.323. The van der Waals surface area contributed by atoms with Gasteiger partial charge in [-0.2, -0.15) is 4.68 Å². The molecule has 0 fully saturated rings. The zero-order valence-electron chi connectivity index (χ0n) is 18.2. The van der Waals surface area contributed by atoms with Crippen LogP contribution in [0.4, 0.5) is 0 Å². The van der Waals surface area contributed by atoms with Crippen LogP contribution in [-0.2, 0) is 14.3 Å². The number of aryl methyl sites for hydroxylation is 3. The Kier molecular flexibility index (Phi) is 6.93. The van der Waals surface area contributed by atoms with E-state index in [-0.39, 0.29) is 23.4 Å². The maximum Gasteiger partial charge on any atom is 0.357 e. The van der Waals surface area contributed by atoms with Crippen molar-refractivity contribution < 1.29 is 23.9 Å². The summed E-state index contributed by atoms with van der Waals surface area (Å²) in [5.41, 5.74) is 2.04. The van der Waals surface area contributed by atoms with Crippen LogP contribution >= 0.6 is 0 Å². The van der Waals surface area contributed by atoms with Gasteiger partial charge in [0.15, 0.2) is 18.1 Å². The number of aromatic amines is 1. The predicted octanol–water partition coefficient (Wildman–Crippen LogP) is 2.53. The van der Waals surface area contributed by atoms with Crippen LogP contribution < -0.4 is 0 Å². The van der Waals surface area contributed by atoms with E-state index in [1.165, 1.54) is 4.68 Å². The van der Waals surface area contributed by atoms with Gasteiger partial charge in [-0.3, -0.25) is 4.79 Å². The summed E-state index contributed by atoms with van der Waals surface area (Å²) in [6, 6.07) is 9.08. The van der Waals surface area contributed by atoms with Gasteiger partial charge in [0.1, 0.15) is 0 Å². The van der Waals surface area contributed by atoms with Crippen LogP contribution in [0.15, 0.2) is 30.3 Å². The lowest BCUT2D eigenvalue weighted by Crippen LogP contribution is -2.21.